The smallest absolute Gasteiger partial charge is 0.260 e. The van der Waals surface area contributed by atoms with Gasteiger partial charge in [0.15, 0.2) is 5.82 Å². The van der Waals surface area contributed by atoms with E-state index in [2.05, 4.69) is 9.97 Å². The number of halogens is 1. The molecule has 0 saturated heterocycles. The van der Waals surface area contributed by atoms with Crippen LogP contribution >= 0.6 is 22.9 Å². The molecule has 0 radical (unpaired) electrons. The van der Waals surface area contributed by atoms with E-state index in [0.717, 1.165) is 35.0 Å². The number of hydrogen-bond acceptors (Lipinski definition) is 3. The Labute approximate surface area is 149 Å². The van der Waals surface area contributed by atoms with E-state index in [4.69, 9.17) is 11.6 Å². The van der Waals surface area contributed by atoms with Gasteiger partial charge in [0.25, 0.3) is 5.56 Å². The van der Waals surface area contributed by atoms with Gasteiger partial charge in [-0.3, -0.25) is 4.79 Å². The summed E-state index contributed by atoms with van der Waals surface area (Å²) in [6, 6.07) is 8.06. The molecule has 4 rings (SSSR count). The monoisotopic (exact) mass is 356 g/mol. The molecule has 1 aliphatic rings. The Hall–Kier alpha value is -1.91. The lowest BCUT2D eigenvalue weighted by molar-refractivity contribution is 0.700. The summed E-state index contributed by atoms with van der Waals surface area (Å²) in [5, 5.41) is 1.21. The van der Waals surface area contributed by atoms with Gasteiger partial charge in [-0.15, -0.1) is 11.3 Å². The third-order valence-electron chi connectivity index (χ3n) is 4.42. The highest BCUT2D eigenvalue weighted by Gasteiger charge is 2.20. The molecule has 1 aromatic carbocycles. The Morgan fingerprint density at radius 3 is 2.79 bits per heavy atom. The van der Waals surface area contributed by atoms with Crippen LogP contribution < -0.4 is 5.56 Å². The van der Waals surface area contributed by atoms with E-state index < -0.39 is 0 Å². The number of aromatic amines is 1. The molecule has 0 fully saturated rings. The molecule has 122 valence electrons. The van der Waals surface area contributed by atoms with E-state index in [1.165, 1.54) is 22.4 Å². The van der Waals surface area contributed by atoms with Gasteiger partial charge in [-0.1, -0.05) is 41.4 Å². The summed E-state index contributed by atoms with van der Waals surface area (Å²) in [7, 11) is 0. The minimum absolute atomic E-state index is 0.0788. The predicted octanol–water partition coefficient (Wildman–Crippen LogP) is 4.91. The predicted molar refractivity (Wildman–Crippen MR) is 102 cm³/mol. The Balaban J connectivity index is 1.79. The number of thiophene rings is 1. The number of nitrogens with one attached hydrogen (secondary N) is 1. The average Bonchev–Trinajstić information content (AvgIpc) is 2.95. The third kappa shape index (κ3) is 2.80. The fraction of sp³-hybridized carbons (Fsp3) is 0.263. The molecular weight excluding hydrogens is 340 g/mol. The minimum Gasteiger partial charge on any atom is -0.305 e. The van der Waals surface area contributed by atoms with Crippen molar-refractivity contribution in [3.05, 3.63) is 62.0 Å². The lowest BCUT2D eigenvalue weighted by Crippen LogP contribution is -2.12. The zero-order valence-corrected chi connectivity index (χ0v) is 14.9. The van der Waals surface area contributed by atoms with Crippen LogP contribution in [0.25, 0.3) is 21.3 Å². The zero-order chi connectivity index (χ0) is 16.7. The van der Waals surface area contributed by atoms with E-state index in [9.17, 15) is 4.79 Å². The highest BCUT2D eigenvalue weighted by Crippen LogP contribution is 2.34. The Morgan fingerprint density at radius 2 is 2.00 bits per heavy atom. The maximum Gasteiger partial charge on any atom is 0.260 e. The summed E-state index contributed by atoms with van der Waals surface area (Å²) in [5.41, 5.74) is 3.30. The number of aryl methyl sites for hydroxylation is 3. The first-order valence-electron chi connectivity index (χ1n) is 8.10. The fourth-order valence-corrected chi connectivity index (χ4v) is 4.63. The van der Waals surface area contributed by atoms with Crippen LogP contribution in [0.15, 0.2) is 29.1 Å². The number of aromatic nitrogens is 2. The molecule has 0 spiro atoms. The lowest BCUT2D eigenvalue weighted by Gasteiger charge is -2.09. The first-order chi connectivity index (χ1) is 11.6. The molecule has 0 bridgehead atoms. The van der Waals surface area contributed by atoms with Gasteiger partial charge in [0.2, 0.25) is 0 Å². The van der Waals surface area contributed by atoms with Gasteiger partial charge in [0, 0.05) is 4.88 Å². The topological polar surface area (TPSA) is 45.8 Å². The molecule has 0 amide bonds. The summed E-state index contributed by atoms with van der Waals surface area (Å²) in [5.74, 6) is 0.438. The largest absolute Gasteiger partial charge is 0.305 e. The van der Waals surface area contributed by atoms with Crippen molar-refractivity contribution in [2.24, 2.45) is 0 Å². The quantitative estimate of drug-likeness (QED) is 0.709. The maximum atomic E-state index is 12.6. The average molecular weight is 357 g/mol. The fourth-order valence-electron chi connectivity index (χ4n) is 3.15. The van der Waals surface area contributed by atoms with Crippen molar-refractivity contribution in [3.8, 4) is 0 Å². The van der Waals surface area contributed by atoms with E-state index >= 15 is 0 Å². The number of nitrogens with zero attached hydrogens (tertiary/aromatic N) is 1. The zero-order valence-electron chi connectivity index (χ0n) is 13.4. The van der Waals surface area contributed by atoms with Crippen molar-refractivity contribution in [2.75, 3.05) is 0 Å². The summed E-state index contributed by atoms with van der Waals surface area (Å²) in [6.07, 6.45) is 6.20. The number of hydrogen-bond donors (Lipinski definition) is 1. The van der Waals surface area contributed by atoms with Gasteiger partial charge >= 0.3 is 0 Å². The van der Waals surface area contributed by atoms with Gasteiger partial charge in [-0.2, -0.15) is 0 Å². The Kier molecular flexibility index (Phi) is 4.02. The summed E-state index contributed by atoms with van der Waals surface area (Å²) < 4.78 is 0. The van der Waals surface area contributed by atoms with Crippen LogP contribution in [-0.2, 0) is 12.8 Å². The second-order valence-corrected chi connectivity index (χ2v) is 7.70. The molecule has 2 aromatic heterocycles. The van der Waals surface area contributed by atoms with Crippen LogP contribution in [0.4, 0.5) is 0 Å². The minimum atomic E-state index is -0.0788. The van der Waals surface area contributed by atoms with E-state index in [1.807, 2.05) is 37.3 Å². The molecule has 0 atom stereocenters. The molecule has 2 heterocycles. The molecule has 1 aliphatic carbocycles. The summed E-state index contributed by atoms with van der Waals surface area (Å²) >= 11 is 8.05. The van der Waals surface area contributed by atoms with Crippen molar-refractivity contribution >= 4 is 44.3 Å². The van der Waals surface area contributed by atoms with Gasteiger partial charge < -0.3 is 4.98 Å². The summed E-state index contributed by atoms with van der Waals surface area (Å²) in [6.45, 7) is 2.04. The number of H-pyrrole nitrogens is 1. The Morgan fingerprint density at radius 1 is 1.25 bits per heavy atom. The second kappa shape index (κ2) is 6.19. The van der Waals surface area contributed by atoms with Gasteiger partial charge in [0.1, 0.15) is 4.83 Å². The van der Waals surface area contributed by atoms with Gasteiger partial charge in [0.05, 0.1) is 10.4 Å². The molecule has 5 heteroatoms. The van der Waals surface area contributed by atoms with Crippen molar-refractivity contribution in [2.45, 2.75) is 32.6 Å². The van der Waals surface area contributed by atoms with Crippen molar-refractivity contribution in [1.29, 1.82) is 0 Å². The molecular formula is C19H17ClN2OS. The molecule has 3 nitrogen and oxygen atoms in total. The van der Waals surface area contributed by atoms with Crippen molar-refractivity contribution in [1.82, 2.24) is 9.97 Å². The molecule has 3 aromatic rings. The molecule has 0 saturated carbocycles. The van der Waals surface area contributed by atoms with Crippen molar-refractivity contribution < 1.29 is 0 Å². The SMILES string of the molecule is Cc1ccc(/C=C(\Cl)c2nc3sc4c(c3c(=O)[nH]2)CCCC4)cc1. The normalized spacial score (nSPS) is 14.8. The van der Waals surface area contributed by atoms with Crippen LogP contribution in [0.2, 0.25) is 0 Å². The van der Waals surface area contributed by atoms with Crippen LogP contribution in [0.5, 0.6) is 0 Å². The first-order valence-corrected chi connectivity index (χ1v) is 9.30. The standard InChI is InChI=1S/C19H17ClN2OS/c1-11-6-8-12(9-7-11)10-14(20)17-21-18(23)16-13-4-2-3-5-15(13)24-19(16)22-17/h6-10H,2-5H2,1H3,(H,21,22,23)/b14-10-. The first kappa shape index (κ1) is 15.6. The van der Waals surface area contributed by atoms with E-state index in [0.29, 0.717) is 10.9 Å². The summed E-state index contributed by atoms with van der Waals surface area (Å²) in [4.78, 5) is 22.1. The van der Waals surface area contributed by atoms with Crippen LogP contribution in [0.3, 0.4) is 0 Å². The molecule has 1 N–H and O–H groups in total. The van der Waals surface area contributed by atoms with Crippen LogP contribution in [0.1, 0.15) is 40.2 Å². The number of fused-ring (bicyclic) bond motifs is 3. The number of rotatable bonds is 2. The highest BCUT2D eigenvalue weighted by atomic mass is 35.5. The van der Waals surface area contributed by atoms with E-state index in [1.54, 1.807) is 11.3 Å². The van der Waals surface area contributed by atoms with Crippen molar-refractivity contribution in [3.63, 3.8) is 0 Å². The van der Waals surface area contributed by atoms with Gasteiger partial charge in [-0.05, 0) is 49.8 Å². The third-order valence-corrected chi connectivity index (χ3v) is 5.90. The second-order valence-electron chi connectivity index (χ2n) is 6.21. The van der Waals surface area contributed by atoms with Crippen LogP contribution in [0, 0.1) is 6.92 Å². The van der Waals surface area contributed by atoms with Gasteiger partial charge in [-0.25, -0.2) is 4.98 Å². The van der Waals surface area contributed by atoms with E-state index in [-0.39, 0.29) is 5.56 Å². The molecule has 24 heavy (non-hydrogen) atoms. The highest BCUT2D eigenvalue weighted by molar-refractivity contribution is 7.18. The molecule has 0 unspecified atom stereocenters. The lowest BCUT2D eigenvalue weighted by atomic mass is 9.97. The molecule has 0 aliphatic heterocycles. The maximum absolute atomic E-state index is 12.6. The van der Waals surface area contributed by atoms with Crippen LogP contribution in [-0.4, -0.2) is 9.97 Å². The Bertz CT molecular complexity index is 999. The number of benzene rings is 1.